The predicted octanol–water partition coefficient (Wildman–Crippen LogP) is 1.41. The predicted molar refractivity (Wildman–Crippen MR) is 38.2 cm³/mol. The van der Waals surface area contributed by atoms with E-state index in [0.717, 1.165) is 12.5 Å². The Morgan fingerprint density at radius 3 is 2.12 bits per heavy atom. The van der Waals surface area contributed by atoms with Crippen molar-refractivity contribution in [1.82, 2.24) is 0 Å². The quantitative estimate of drug-likeness (QED) is 0.578. The van der Waals surface area contributed by atoms with Crippen LogP contribution in [0.1, 0.15) is 20.3 Å². The SMILES string of the molecule is CC1CC1(C)CN.Cl. The minimum Gasteiger partial charge on any atom is -0.330 e. The highest BCUT2D eigenvalue weighted by Gasteiger charge is 2.44. The van der Waals surface area contributed by atoms with Gasteiger partial charge in [0.1, 0.15) is 0 Å². The van der Waals surface area contributed by atoms with E-state index in [1.165, 1.54) is 6.42 Å². The zero-order valence-electron chi connectivity index (χ0n) is 5.48. The van der Waals surface area contributed by atoms with Crippen molar-refractivity contribution in [3.63, 3.8) is 0 Å². The van der Waals surface area contributed by atoms with Gasteiger partial charge < -0.3 is 5.73 Å². The Bertz CT molecular complexity index is 80.6. The van der Waals surface area contributed by atoms with Crippen LogP contribution in [-0.2, 0) is 0 Å². The molecule has 1 saturated carbocycles. The van der Waals surface area contributed by atoms with Gasteiger partial charge >= 0.3 is 0 Å². The molecule has 0 aliphatic heterocycles. The monoisotopic (exact) mass is 135 g/mol. The molecule has 50 valence electrons. The Hall–Kier alpha value is 0.250. The van der Waals surface area contributed by atoms with Crippen molar-refractivity contribution < 1.29 is 0 Å². The van der Waals surface area contributed by atoms with Crippen molar-refractivity contribution in [3.05, 3.63) is 0 Å². The summed E-state index contributed by atoms with van der Waals surface area (Å²) in [5, 5.41) is 0. The van der Waals surface area contributed by atoms with Gasteiger partial charge in [0.2, 0.25) is 0 Å². The second-order valence-electron chi connectivity index (χ2n) is 2.96. The maximum atomic E-state index is 5.46. The highest BCUT2D eigenvalue weighted by Crippen LogP contribution is 2.50. The normalized spacial score (nSPS) is 43.1. The lowest BCUT2D eigenvalue weighted by Crippen LogP contribution is -2.12. The fourth-order valence-corrected chi connectivity index (χ4v) is 0.925. The molecule has 2 N–H and O–H groups in total. The van der Waals surface area contributed by atoms with Crippen molar-refractivity contribution >= 4 is 12.4 Å². The van der Waals surface area contributed by atoms with Crippen LogP contribution in [0, 0.1) is 11.3 Å². The van der Waals surface area contributed by atoms with Gasteiger partial charge in [-0.3, -0.25) is 0 Å². The molecular weight excluding hydrogens is 122 g/mol. The summed E-state index contributed by atoms with van der Waals surface area (Å²) >= 11 is 0. The fourth-order valence-electron chi connectivity index (χ4n) is 0.925. The van der Waals surface area contributed by atoms with Crippen LogP contribution < -0.4 is 5.73 Å². The minimum atomic E-state index is 0. The molecule has 0 heterocycles. The molecular formula is C6H14ClN. The van der Waals surface area contributed by atoms with E-state index in [1.807, 2.05) is 0 Å². The van der Waals surface area contributed by atoms with Gasteiger partial charge in [0.05, 0.1) is 0 Å². The molecule has 2 heteroatoms. The molecule has 1 fully saturated rings. The van der Waals surface area contributed by atoms with E-state index in [-0.39, 0.29) is 12.4 Å². The third kappa shape index (κ3) is 1.15. The zero-order chi connectivity index (χ0) is 5.49. The van der Waals surface area contributed by atoms with Gasteiger partial charge in [0, 0.05) is 0 Å². The minimum absolute atomic E-state index is 0. The van der Waals surface area contributed by atoms with Gasteiger partial charge in [-0.1, -0.05) is 13.8 Å². The third-order valence-electron chi connectivity index (χ3n) is 2.27. The van der Waals surface area contributed by atoms with Crippen LogP contribution in [0.4, 0.5) is 0 Å². The van der Waals surface area contributed by atoms with Crippen molar-refractivity contribution in [2.75, 3.05) is 6.54 Å². The average molecular weight is 136 g/mol. The third-order valence-corrected chi connectivity index (χ3v) is 2.27. The Morgan fingerprint density at radius 2 is 2.12 bits per heavy atom. The van der Waals surface area contributed by atoms with Crippen LogP contribution in [-0.4, -0.2) is 6.54 Å². The highest BCUT2D eigenvalue weighted by molar-refractivity contribution is 5.85. The topological polar surface area (TPSA) is 26.0 Å². The first-order valence-corrected chi connectivity index (χ1v) is 2.89. The van der Waals surface area contributed by atoms with E-state index < -0.39 is 0 Å². The molecule has 0 saturated heterocycles. The average Bonchev–Trinajstić information content (AvgIpc) is 2.18. The molecule has 2 atom stereocenters. The molecule has 1 nitrogen and oxygen atoms in total. The van der Waals surface area contributed by atoms with E-state index in [1.54, 1.807) is 0 Å². The zero-order valence-corrected chi connectivity index (χ0v) is 6.29. The molecule has 0 spiro atoms. The molecule has 1 aliphatic carbocycles. The summed E-state index contributed by atoms with van der Waals surface area (Å²) < 4.78 is 0. The second-order valence-corrected chi connectivity index (χ2v) is 2.96. The lowest BCUT2D eigenvalue weighted by molar-refractivity contribution is 0.535. The second kappa shape index (κ2) is 2.24. The molecule has 0 aromatic carbocycles. The lowest BCUT2D eigenvalue weighted by Gasteiger charge is -2.00. The van der Waals surface area contributed by atoms with Crippen LogP contribution in [0.3, 0.4) is 0 Å². The molecule has 0 aromatic heterocycles. The van der Waals surface area contributed by atoms with Crippen LogP contribution in [0.25, 0.3) is 0 Å². The number of hydrogen-bond acceptors (Lipinski definition) is 1. The smallest absolute Gasteiger partial charge is 0.00205 e. The molecule has 1 rings (SSSR count). The number of rotatable bonds is 1. The van der Waals surface area contributed by atoms with Gasteiger partial charge in [0.25, 0.3) is 0 Å². The van der Waals surface area contributed by atoms with Crippen LogP contribution in [0.5, 0.6) is 0 Å². The molecule has 8 heavy (non-hydrogen) atoms. The van der Waals surface area contributed by atoms with E-state index in [0.29, 0.717) is 5.41 Å². The van der Waals surface area contributed by atoms with Gasteiger partial charge in [-0.05, 0) is 24.3 Å². The summed E-state index contributed by atoms with van der Waals surface area (Å²) in [7, 11) is 0. The van der Waals surface area contributed by atoms with E-state index in [9.17, 15) is 0 Å². The largest absolute Gasteiger partial charge is 0.330 e. The molecule has 0 bridgehead atoms. The molecule has 0 aromatic rings. The lowest BCUT2D eigenvalue weighted by atomic mass is 10.1. The summed E-state index contributed by atoms with van der Waals surface area (Å²) in [4.78, 5) is 0. The maximum absolute atomic E-state index is 5.46. The highest BCUT2D eigenvalue weighted by atomic mass is 35.5. The first-order chi connectivity index (χ1) is 3.19. The summed E-state index contributed by atoms with van der Waals surface area (Å²) in [6.45, 7) is 5.37. The maximum Gasteiger partial charge on any atom is -0.00205 e. The van der Waals surface area contributed by atoms with Gasteiger partial charge in [-0.15, -0.1) is 12.4 Å². The van der Waals surface area contributed by atoms with E-state index >= 15 is 0 Å². The summed E-state index contributed by atoms with van der Waals surface area (Å²) in [6.07, 6.45) is 1.34. The number of hydrogen-bond donors (Lipinski definition) is 1. The van der Waals surface area contributed by atoms with Crippen molar-refractivity contribution in [2.45, 2.75) is 20.3 Å². The Labute approximate surface area is 57.1 Å². The first kappa shape index (κ1) is 8.25. The summed E-state index contributed by atoms with van der Waals surface area (Å²) in [6, 6.07) is 0. The van der Waals surface area contributed by atoms with Gasteiger partial charge in [-0.25, -0.2) is 0 Å². The number of halogens is 1. The van der Waals surface area contributed by atoms with Crippen molar-refractivity contribution in [1.29, 1.82) is 0 Å². The van der Waals surface area contributed by atoms with Crippen LogP contribution in [0.2, 0.25) is 0 Å². The van der Waals surface area contributed by atoms with Gasteiger partial charge in [-0.2, -0.15) is 0 Å². The Morgan fingerprint density at radius 1 is 1.75 bits per heavy atom. The van der Waals surface area contributed by atoms with Crippen molar-refractivity contribution in [2.24, 2.45) is 17.1 Å². The molecule has 0 amide bonds. The van der Waals surface area contributed by atoms with Crippen LogP contribution in [0.15, 0.2) is 0 Å². The molecule has 2 unspecified atom stereocenters. The van der Waals surface area contributed by atoms with Crippen molar-refractivity contribution in [3.8, 4) is 0 Å². The fraction of sp³-hybridized carbons (Fsp3) is 1.00. The first-order valence-electron chi connectivity index (χ1n) is 2.89. The van der Waals surface area contributed by atoms with E-state index in [2.05, 4.69) is 13.8 Å². The van der Waals surface area contributed by atoms with Gasteiger partial charge in [0.15, 0.2) is 0 Å². The standard InChI is InChI=1S/C6H13N.ClH/c1-5-3-6(5,2)4-7;/h5H,3-4,7H2,1-2H3;1H. The Balaban J connectivity index is 0.000000490. The molecule has 1 aliphatic rings. The van der Waals surface area contributed by atoms with Crippen LogP contribution >= 0.6 is 12.4 Å². The molecule has 0 radical (unpaired) electrons. The summed E-state index contributed by atoms with van der Waals surface area (Å²) in [5.74, 6) is 0.887. The summed E-state index contributed by atoms with van der Waals surface area (Å²) in [5.41, 5.74) is 5.99. The number of nitrogens with two attached hydrogens (primary N) is 1. The van der Waals surface area contributed by atoms with E-state index in [4.69, 9.17) is 5.73 Å². The Kier molecular flexibility index (Phi) is 2.31.